The number of carbonyl (C=O) groups is 1. The molecule has 0 radical (unpaired) electrons. The Morgan fingerprint density at radius 3 is 2.89 bits per heavy atom. The molecule has 0 bridgehead atoms. The lowest BCUT2D eigenvalue weighted by atomic mass is 9.80. The fourth-order valence-electron chi connectivity index (χ4n) is 2.90. The van der Waals surface area contributed by atoms with Crippen LogP contribution in [0.2, 0.25) is 0 Å². The van der Waals surface area contributed by atoms with Gasteiger partial charge in [0.1, 0.15) is 0 Å². The Balaban J connectivity index is 1.93. The van der Waals surface area contributed by atoms with Gasteiger partial charge >= 0.3 is 0 Å². The van der Waals surface area contributed by atoms with Gasteiger partial charge in [-0.25, -0.2) is 0 Å². The number of Topliss-reactive ketones (excluding diaryl/α,β-unsaturated/α-hetero) is 1. The summed E-state index contributed by atoms with van der Waals surface area (Å²) in [6.45, 7) is 2.13. The van der Waals surface area contributed by atoms with E-state index in [0.29, 0.717) is 5.78 Å². The van der Waals surface area contributed by atoms with Crippen molar-refractivity contribution in [2.24, 2.45) is 0 Å². The van der Waals surface area contributed by atoms with Crippen molar-refractivity contribution in [2.45, 2.75) is 38.5 Å². The molecule has 19 heavy (non-hydrogen) atoms. The third kappa shape index (κ3) is 2.37. The Labute approximate surface area is 118 Å². The van der Waals surface area contributed by atoms with E-state index in [1.54, 1.807) is 11.3 Å². The van der Waals surface area contributed by atoms with E-state index in [1.807, 2.05) is 6.07 Å². The fourth-order valence-corrected chi connectivity index (χ4v) is 3.84. The molecule has 0 N–H and O–H groups in total. The zero-order valence-electron chi connectivity index (χ0n) is 11.2. The quantitative estimate of drug-likeness (QED) is 0.744. The molecule has 1 atom stereocenters. The maximum Gasteiger partial charge on any atom is 0.180 e. The second kappa shape index (κ2) is 5.30. The van der Waals surface area contributed by atoms with Crippen LogP contribution in [0.5, 0.6) is 0 Å². The number of benzene rings is 1. The molecule has 0 fully saturated rings. The summed E-state index contributed by atoms with van der Waals surface area (Å²) in [4.78, 5) is 14.9. The molecule has 1 unspecified atom stereocenters. The van der Waals surface area contributed by atoms with E-state index in [0.717, 1.165) is 30.6 Å². The van der Waals surface area contributed by atoms with Gasteiger partial charge in [0.2, 0.25) is 0 Å². The first-order chi connectivity index (χ1) is 9.29. The summed E-state index contributed by atoms with van der Waals surface area (Å²) >= 11 is 1.66. The monoisotopic (exact) mass is 270 g/mol. The summed E-state index contributed by atoms with van der Waals surface area (Å²) in [5.41, 5.74) is 2.62. The molecule has 0 amide bonds. The third-order valence-corrected chi connectivity index (χ3v) is 5.18. The van der Waals surface area contributed by atoms with Gasteiger partial charge < -0.3 is 0 Å². The third-order valence-electron chi connectivity index (χ3n) is 3.94. The van der Waals surface area contributed by atoms with Crippen molar-refractivity contribution < 1.29 is 4.79 Å². The number of ketones is 1. The van der Waals surface area contributed by atoms with Gasteiger partial charge in [-0.3, -0.25) is 4.79 Å². The van der Waals surface area contributed by atoms with Crippen LogP contribution in [0.15, 0.2) is 36.4 Å². The van der Waals surface area contributed by atoms with E-state index in [9.17, 15) is 4.79 Å². The molecule has 1 aromatic heterocycles. The molecular formula is C17H18OS. The van der Waals surface area contributed by atoms with E-state index in [2.05, 4.69) is 37.3 Å². The summed E-state index contributed by atoms with van der Waals surface area (Å²) in [6.07, 6.45) is 4.25. The SMILES string of the molecule is CCc1ccc(C(=O)C2CCCc3ccccc32)s1. The number of carbonyl (C=O) groups excluding carboxylic acids is 1. The molecular weight excluding hydrogens is 252 g/mol. The molecule has 1 nitrogen and oxygen atoms in total. The first-order valence-corrected chi connectivity index (χ1v) is 7.82. The van der Waals surface area contributed by atoms with Gasteiger partial charge in [0, 0.05) is 10.8 Å². The standard InChI is InChI=1S/C17H18OS/c1-2-13-10-11-16(19-13)17(18)15-9-5-7-12-6-3-4-8-14(12)15/h3-4,6,8,10-11,15H,2,5,7,9H2,1H3. The summed E-state index contributed by atoms with van der Waals surface area (Å²) < 4.78 is 0. The van der Waals surface area contributed by atoms with Gasteiger partial charge in [0.25, 0.3) is 0 Å². The van der Waals surface area contributed by atoms with Crippen LogP contribution in [0.3, 0.4) is 0 Å². The summed E-state index contributed by atoms with van der Waals surface area (Å²) in [5.74, 6) is 0.394. The minimum atomic E-state index is 0.0771. The molecule has 1 aliphatic rings. The first kappa shape index (κ1) is 12.6. The van der Waals surface area contributed by atoms with Crippen molar-refractivity contribution in [2.75, 3.05) is 0 Å². The Morgan fingerprint density at radius 1 is 1.26 bits per heavy atom. The van der Waals surface area contributed by atoms with E-state index >= 15 is 0 Å². The molecule has 1 aromatic carbocycles. The highest BCUT2D eigenvalue weighted by atomic mass is 32.1. The van der Waals surface area contributed by atoms with Crippen molar-refractivity contribution in [1.82, 2.24) is 0 Å². The van der Waals surface area contributed by atoms with Crippen molar-refractivity contribution in [1.29, 1.82) is 0 Å². The number of thiophene rings is 1. The Morgan fingerprint density at radius 2 is 2.11 bits per heavy atom. The molecule has 0 spiro atoms. The van der Waals surface area contributed by atoms with Gasteiger partial charge in [0.05, 0.1) is 4.88 Å². The smallest absolute Gasteiger partial charge is 0.180 e. The zero-order valence-corrected chi connectivity index (χ0v) is 12.0. The molecule has 1 heterocycles. The summed E-state index contributed by atoms with van der Waals surface area (Å²) in [5, 5.41) is 0. The molecule has 2 heteroatoms. The summed E-state index contributed by atoms with van der Waals surface area (Å²) in [6, 6.07) is 12.5. The number of fused-ring (bicyclic) bond motifs is 1. The highest BCUT2D eigenvalue weighted by Crippen LogP contribution is 2.35. The molecule has 0 aliphatic heterocycles. The maximum absolute atomic E-state index is 12.7. The normalized spacial score (nSPS) is 18.1. The minimum Gasteiger partial charge on any atom is -0.293 e. The average Bonchev–Trinajstić information content (AvgIpc) is 2.95. The van der Waals surface area contributed by atoms with Crippen LogP contribution >= 0.6 is 11.3 Å². The predicted molar refractivity (Wildman–Crippen MR) is 80.1 cm³/mol. The molecule has 0 saturated heterocycles. The molecule has 98 valence electrons. The van der Waals surface area contributed by atoms with Crippen LogP contribution < -0.4 is 0 Å². The number of aryl methyl sites for hydroxylation is 2. The molecule has 0 saturated carbocycles. The largest absolute Gasteiger partial charge is 0.293 e. The summed E-state index contributed by atoms with van der Waals surface area (Å²) in [7, 11) is 0. The van der Waals surface area contributed by atoms with Crippen LogP contribution in [0.4, 0.5) is 0 Å². The van der Waals surface area contributed by atoms with Crippen LogP contribution in [-0.4, -0.2) is 5.78 Å². The maximum atomic E-state index is 12.7. The minimum absolute atomic E-state index is 0.0771. The van der Waals surface area contributed by atoms with Gasteiger partial charge in [-0.05, 0) is 48.9 Å². The Hall–Kier alpha value is -1.41. The van der Waals surface area contributed by atoms with E-state index in [4.69, 9.17) is 0 Å². The van der Waals surface area contributed by atoms with E-state index in [-0.39, 0.29) is 5.92 Å². The van der Waals surface area contributed by atoms with Crippen molar-refractivity contribution in [3.05, 3.63) is 57.3 Å². The van der Waals surface area contributed by atoms with Gasteiger partial charge in [-0.2, -0.15) is 0 Å². The van der Waals surface area contributed by atoms with Crippen molar-refractivity contribution >= 4 is 17.1 Å². The molecule has 2 aromatic rings. The second-order valence-corrected chi connectivity index (χ2v) is 6.30. The van der Waals surface area contributed by atoms with Gasteiger partial charge in [-0.15, -0.1) is 11.3 Å². The van der Waals surface area contributed by atoms with Crippen LogP contribution in [0.1, 0.15) is 51.4 Å². The Kier molecular flexibility index (Phi) is 3.52. The van der Waals surface area contributed by atoms with Crippen LogP contribution in [0.25, 0.3) is 0 Å². The number of hydrogen-bond acceptors (Lipinski definition) is 2. The van der Waals surface area contributed by atoms with Crippen LogP contribution in [-0.2, 0) is 12.8 Å². The number of hydrogen-bond donors (Lipinski definition) is 0. The lowest BCUT2D eigenvalue weighted by Crippen LogP contribution is -2.17. The molecule has 1 aliphatic carbocycles. The predicted octanol–water partition coefficient (Wildman–Crippen LogP) is 4.61. The highest BCUT2D eigenvalue weighted by Gasteiger charge is 2.27. The number of rotatable bonds is 3. The van der Waals surface area contributed by atoms with Crippen molar-refractivity contribution in [3.63, 3.8) is 0 Å². The fraction of sp³-hybridized carbons (Fsp3) is 0.353. The van der Waals surface area contributed by atoms with Crippen LogP contribution in [0, 0.1) is 0 Å². The molecule has 3 rings (SSSR count). The van der Waals surface area contributed by atoms with Gasteiger partial charge in [-0.1, -0.05) is 31.2 Å². The topological polar surface area (TPSA) is 17.1 Å². The first-order valence-electron chi connectivity index (χ1n) is 7.00. The van der Waals surface area contributed by atoms with E-state index in [1.165, 1.54) is 16.0 Å². The highest BCUT2D eigenvalue weighted by molar-refractivity contribution is 7.14. The average molecular weight is 270 g/mol. The van der Waals surface area contributed by atoms with E-state index < -0.39 is 0 Å². The zero-order chi connectivity index (χ0) is 13.2. The Bertz CT molecular complexity index is 597. The van der Waals surface area contributed by atoms with Crippen molar-refractivity contribution in [3.8, 4) is 0 Å². The lowest BCUT2D eigenvalue weighted by Gasteiger charge is -2.23. The van der Waals surface area contributed by atoms with Gasteiger partial charge in [0.15, 0.2) is 5.78 Å². The lowest BCUT2D eigenvalue weighted by molar-refractivity contribution is 0.0955. The second-order valence-electron chi connectivity index (χ2n) is 5.13.